The first-order chi connectivity index (χ1) is 16.2. The highest BCUT2D eigenvalue weighted by Crippen LogP contribution is 2.24. The zero-order valence-electron chi connectivity index (χ0n) is 18.7. The van der Waals surface area contributed by atoms with Gasteiger partial charge in [-0.2, -0.15) is 0 Å². The summed E-state index contributed by atoms with van der Waals surface area (Å²) >= 11 is 0. The van der Waals surface area contributed by atoms with Crippen LogP contribution in [0.25, 0.3) is 0 Å². The number of amides is 2. The summed E-state index contributed by atoms with van der Waals surface area (Å²) in [5, 5.41) is 2.64. The maximum Gasteiger partial charge on any atom is 0.261 e. The molecule has 3 rings (SSSR count). The van der Waals surface area contributed by atoms with Gasteiger partial charge >= 0.3 is 0 Å². The SMILES string of the molecule is CCCOc1ccc(NC(=O)c2cccc(NS(=O)(=O)c3ccc(OC)cc3)c2)c(C(N)=O)c1. The van der Waals surface area contributed by atoms with Crippen molar-refractivity contribution in [2.45, 2.75) is 18.2 Å². The van der Waals surface area contributed by atoms with Crippen LogP contribution in [-0.2, 0) is 10.0 Å². The number of hydrogen-bond acceptors (Lipinski definition) is 6. The summed E-state index contributed by atoms with van der Waals surface area (Å²) in [6.07, 6.45) is 0.795. The molecule has 0 saturated carbocycles. The monoisotopic (exact) mass is 483 g/mol. The van der Waals surface area contributed by atoms with Crippen molar-refractivity contribution in [2.75, 3.05) is 23.8 Å². The van der Waals surface area contributed by atoms with Gasteiger partial charge in [0.05, 0.1) is 29.9 Å². The summed E-state index contributed by atoms with van der Waals surface area (Å²) < 4.78 is 38.4. The zero-order chi connectivity index (χ0) is 24.7. The van der Waals surface area contributed by atoms with Gasteiger partial charge < -0.3 is 20.5 Å². The van der Waals surface area contributed by atoms with E-state index in [9.17, 15) is 18.0 Å². The second kappa shape index (κ2) is 10.7. The third kappa shape index (κ3) is 6.04. The number of benzene rings is 3. The van der Waals surface area contributed by atoms with Crippen LogP contribution in [0.5, 0.6) is 11.5 Å². The first-order valence-corrected chi connectivity index (χ1v) is 11.9. The van der Waals surface area contributed by atoms with Gasteiger partial charge in [-0.1, -0.05) is 13.0 Å². The molecule has 0 saturated heterocycles. The number of hydrogen-bond donors (Lipinski definition) is 3. The van der Waals surface area contributed by atoms with Gasteiger partial charge in [0.25, 0.3) is 21.8 Å². The van der Waals surface area contributed by atoms with Crippen LogP contribution in [0.3, 0.4) is 0 Å². The summed E-state index contributed by atoms with van der Waals surface area (Å²) in [6, 6.07) is 16.5. The average Bonchev–Trinajstić information content (AvgIpc) is 2.83. The molecule has 178 valence electrons. The molecule has 0 fully saturated rings. The highest BCUT2D eigenvalue weighted by molar-refractivity contribution is 7.92. The summed E-state index contributed by atoms with van der Waals surface area (Å²) in [5.41, 5.74) is 6.15. The van der Waals surface area contributed by atoms with Crippen molar-refractivity contribution in [3.8, 4) is 11.5 Å². The van der Waals surface area contributed by atoms with Gasteiger partial charge in [-0.15, -0.1) is 0 Å². The molecule has 2 amide bonds. The molecule has 10 heteroatoms. The maximum atomic E-state index is 12.8. The van der Waals surface area contributed by atoms with E-state index in [1.165, 1.54) is 67.8 Å². The summed E-state index contributed by atoms with van der Waals surface area (Å²) in [4.78, 5) is 24.7. The van der Waals surface area contributed by atoms with E-state index in [0.717, 1.165) is 6.42 Å². The number of carbonyl (C=O) groups is 2. The molecule has 0 spiro atoms. The Labute approximate surface area is 197 Å². The Morgan fingerprint density at radius 1 is 0.971 bits per heavy atom. The molecule has 34 heavy (non-hydrogen) atoms. The predicted octanol–water partition coefficient (Wildman–Crippen LogP) is 3.64. The fourth-order valence-corrected chi connectivity index (χ4v) is 4.08. The average molecular weight is 484 g/mol. The number of nitrogens with two attached hydrogens (primary N) is 1. The number of rotatable bonds is 10. The molecule has 0 radical (unpaired) electrons. The van der Waals surface area contributed by atoms with Crippen LogP contribution in [0.1, 0.15) is 34.1 Å². The molecular weight excluding hydrogens is 458 g/mol. The lowest BCUT2D eigenvalue weighted by atomic mass is 10.1. The molecule has 4 N–H and O–H groups in total. The largest absolute Gasteiger partial charge is 0.497 e. The van der Waals surface area contributed by atoms with E-state index in [0.29, 0.717) is 18.1 Å². The molecule has 0 heterocycles. The van der Waals surface area contributed by atoms with Gasteiger partial charge in [0.1, 0.15) is 11.5 Å². The van der Waals surface area contributed by atoms with Crippen LogP contribution in [0.4, 0.5) is 11.4 Å². The number of nitrogens with one attached hydrogen (secondary N) is 2. The number of methoxy groups -OCH3 is 1. The Morgan fingerprint density at radius 3 is 2.32 bits per heavy atom. The Kier molecular flexibility index (Phi) is 7.75. The fourth-order valence-electron chi connectivity index (χ4n) is 3.03. The molecule has 0 unspecified atom stereocenters. The summed E-state index contributed by atoms with van der Waals surface area (Å²) in [6.45, 7) is 2.43. The minimum Gasteiger partial charge on any atom is -0.497 e. The molecular formula is C24H25N3O6S. The molecule has 0 aliphatic heterocycles. The second-order valence-electron chi connectivity index (χ2n) is 7.24. The van der Waals surface area contributed by atoms with Crippen LogP contribution in [0.2, 0.25) is 0 Å². The highest BCUT2D eigenvalue weighted by Gasteiger charge is 2.17. The topological polar surface area (TPSA) is 137 Å². The zero-order valence-corrected chi connectivity index (χ0v) is 19.5. The number of primary amides is 1. The summed E-state index contributed by atoms with van der Waals surface area (Å²) in [5.74, 6) is -0.282. The molecule has 0 atom stereocenters. The molecule has 0 aromatic heterocycles. The Hall–Kier alpha value is -4.05. The van der Waals surface area contributed by atoms with E-state index in [1.807, 2.05) is 6.92 Å². The Balaban J connectivity index is 1.79. The molecule has 3 aromatic carbocycles. The van der Waals surface area contributed by atoms with E-state index in [4.69, 9.17) is 15.2 Å². The molecule has 0 aliphatic rings. The first kappa shape index (κ1) is 24.6. The smallest absolute Gasteiger partial charge is 0.261 e. The Bertz CT molecular complexity index is 1290. The van der Waals surface area contributed by atoms with Gasteiger partial charge in [0.2, 0.25) is 0 Å². The highest BCUT2D eigenvalue weighted by atomic mass is 32.2. The quantitative estimate of drug-likeness (QED) is 0.403. The number of sulfonamides is 1. The van der Waals surface area contributed by atoms with E-state index in [2.05, 4.69) is 10.0 Å². The Morgan fingerprint density at radius 2 is 1.68 bits per heavy atom. The van der Waals surface area contributed by atoms with E-state index in [1.54, 1.807) is 6.07 Å². The van der Waals surface area contributed by atoms with Crippen LogP contribution < -0.4 is 25.2 Å². The van der Waals surface area contributed by atoms with Crippen molar-refractivity contribution in [3.63, 3.8) is 0 Å². The van der Waals surface area contributed by atoms with Crippen molar-refractivity contribution < 1.29 is 27.5 Å². The fraction of sp³-hybridized carbons (Fsp3) is 0.167. The van der Waals surface area contributed by atoms with Gasteiger partial charge in [0, 0.05) is 11.3 Å². The van der Waals surface area contributed by atoms with Gasteiger partial charge in [-0.3, -0.25) is 14.3 Å². The van der Waals surface area contributed by atoms with Crippen LogP contribution >= 0.6 is 0 Å². The lowest BCUT2D eigenvalue weighted by Gasteiger charge is -2.13. The van der Waals surface area contributed by atoms with Crippen molar-refractivity contribution in [1.82, 2.24) is 0 Å². The van der Waals surface area contributed by atoms with Gasteiger partial charge in [-0.05, 0) is 67.1 Å². The number of ether oxygens (including phenoxy) is 2. The van der Waals surface area contributed by atoms with Gasteiger partial charge in [-0.25, -0.2) is 8.42 Å². The third-order valence-electron chi connectivity index (χ3n) is 4.72. The lowest BCUT2D eigenvalue weighted by molar-refractivity contribution is 0.100. The lowest BCUT2D eigenvalue weighted by Crippen LogP contribution is -2.19. The third-order valence-corrected chi connectivity index (χ3v) is 6.12. The molecule has 0 aliphatic carbocycles. The first-order valence-electron chi connectivity index (χ1n) is 10.4. The maximum absolute atomic E-state index is 12.8. The van der Waals surface area contributed by atoms with Crippen LogP contribution in [0, 0.1) is 0 Å². The number of carbonyl (C=O) groups excluding carboxylic acids is 2. The normalized spacial score (nSPS) is 10.9. The van der Waals surface area contributed by atoms with Crippen molar-refractivity contribution in [1.29, 1.82) is 0 Å². The minimum atomic E-state index is -3.88. The van der Waals surface area contributed by atoms with Crippen molar-refractivity contribution in [2.24, 2.45) is 5.73 Å². The van der Waals surface area contributed by atoms with Crippen LogP contribution in [-0.4, -0.2) is 33.9 Å². The van der Waals surface area contributed by atoms with Crippen molar-refractivity contribution >= 4 is 33.2 Å². The number of anilines is 2. The molecule has 9 nitrogen and oxygen atoms in total. The molecule has 3 aromatic rings. The molecule has 0 bridgehead atoms. The minimum absolute atomic E-state index is 0.0413. The van der Waals surface area contributed by atoms with Crippen LogP contribution in [0.15, 0.2) is 71.6 Å². The summed E-state index contributed by atoms with van der Waals surface area (Å²) in [7, 11) is -2.40. The van der Waals surface area contributed by atoms with Crippen molar-refractivity contribution in [3.05, 3.63) is 77.9 Å². The van der Waals surface area contributed by atoms with E-state index < -0.39 is 21.8 Å². The second-order valence-corrected chi connectivity index (χ2v) is 8.92. The van der Waals surface area contributed by atoms with Gasteiger partial charge in [0.15, 0.2) is 0 Å². The van der Waals surface area contributed by atoms with E-state index >= 15 is 0 Å². The van der Waals surface area contributed by atoms with E-state index in [-0.39, 0.29) is 27.4 Å². The standard InChI is InChI=1S/C24H25N3O6S/c1-3-13-33-19-9-12-22(21(15-19)23(25)28)26-24(29)16-5-4-6-17(14-16)27-34(30,31)20-10-7-18(32-2)8-11-20/h4-12,14-15,27H,3,13H2,1-2H3,(H2,25,28)(H,26,29). The predicted molar refractivity (Wildman–Crippen MR) is 129 cm³/mol.